The van der Waals surface area contributed by atoms with E-state index in [2.05, 4.69) is 10.6 Å². The minimum atomic E-state index is -0.901. The molecular formula is C23H27ClN2O6. The fourth-order valence-electron chi connectivity index (χ4n) is 2.85. The zero-order valence-electron chi connectivity index (χ0n) is 18.4. The van der Waals surface area contributed by atoms with E-state index in [4.69, 9.17) is 25.8 Å². The number of benzene rings is 2. The second-order valence-electron chi connectivity index (χ2n) is 7.38. The number of ether oxygens (including phenoxy) is 3. The van der Waals surface area contributed by atoms with Crippen LogP contribution in [0.2, 0.25) is 5.02 Å². The Bertz CT molecular complexity index is 946. The van der Waals surface area contributed by atoms with E-state index in [9.17, 15) is 14.4 Å². The molecule has 0 fully saturated rings. The van der Waals surface area contributed by atoms with Crippen LogP contribution in [0.15, 0.2) is 42.5 Å². The molecule has 0 heterocycles. The van der Waals surface area contributed by atoms with E-state index in [1.165, 1.54) is 14.2 Å². The molecule has 2 aromatic rings. The fraction of sp³-hybridized carbons (Fsp3) is 0.348. The summed E-state index contributed by atoms with van der Waals surface area (Å²) in [6.45, 7) is 3.31. The number of rotatable bonds is 10. The average molecular weight is 463 g/mol. The quantitative estimate of drug-likeness (QED) is 0.522. The Morgan fingerprint density at radius 3 is 2.28 bits per heavy atom. The van der Waals surface area contributed by atoms with Crippen LogP contribution in [0.1, 0.15) is 30.6 Å². The maximum absolute atomic E-state index is 12.6. The fourth-order valence-corrected chi connectivity index (χ4v) is 2.98. The molecule has 0 aliphatic heterocycles. The molecule has 32 heavy (non-hydrogen) atoms. The van der Waals surface area contributed by atoms with Crippen molar-refractivity contribution >= 4 is 35.1 Å². The van der Waals surface area contributed by atoms with E-state index in [0.717, 1.165) is 0 Å². The lowest BCUT2D eigenvalue weighted by atomic mass is 10.0. The summed E-state index contributed by atoms with van der Waals surface area (Å²) in [7, 11) is 2.98. The van der Waals surface area contributed by atoms with Crippen LogP contribution in [0.4, 0.5) is 5.69 Å². The molecule has 0 aliphatic rings. The lowest BCUT2D eigenvalue weighted by molar-refractivity contribution is -0.149. The molecule has 2 aromatic carbocycles. The highest BCUT2D eigenvalue weighted by Gasteiger charge is 2.25. The number of nitrogens with one attached hydrogen (secondary N) is 2. The highest BCUT2D eigenvalue weighted by atomic mass is 35.5. The molecule has 1 atom stereocenters. The van der Waals surface area contributed by atoms with Crippen LogP contribution < -0.4 is 20.1 Å². The van der Waals surface area contributed by atoms with Gasteiger partial charge in [-0.2, -0.15) is 0 Å². The van der Waals surface area contributed by atoms with Crippen molar-refractivity contribution in [1.82, 2.24) is 5.32 Å². The summed E-state index contributed by atoms with van der Waals surface area (Å²) < 4.78 is 15.5. The molecule has 9 heteroatoms. The lowest BCUT2D eigenvalue weighted by Crippen LogP contribution is -2.43. The Kier molecular flexibility index (Phi) is 9.34. The number of hydrogen-bond donors (Lipinski definition) is 2. The first-order valence-electron chi connectivity index (χ1n) is 9.98. The second kappa shape index (κ2) is 12.0. The first-order valence-corrected chi connectivity index (χ1v) is 10.4. The van der Waals surface area contributed by atoms with Crippen molar-refractivity contribution in [2.45, 2.75) is 26.3 Å². The van der Waals surface area contributed by atoms with Gasteiger partial charge in [0.05, 0.1) is 19.9 Å². The summed E-state index contributed by atoms with van der Waals surface area (Å²) in [5, 5.41) is 5.79. The van der Waals surface area contributed by atoms with Crippen molar-refractivity contribution < 1.29 is 28.6 Å². The molecule has 0 spiro atoms. The minimum Gasteiger partial charge on any atom is -0.497 e. The van der Waals surface area contributed by atoms with Crippen LogP contribution in [0.3, 0.4) is 0 Å². The van der Waals surface area contributed by atoms with Crippen LogP contribution in [-0.2, 0) is 14.3 Å². The third-order valence-corrected chi connectivity index (χ3v) is 4.68. The summed E-state index contributed by atoms with van der Waals surface area (Å²) in [5.41, 5.74) is 0.768. The first-order chi connectivity index (χ1) is 15.2. The van der Waals surface area contributed by atoms with Crippen molar-refractivity contribution in [3.63, 3.8) is 0 Å². The molecule has 2 N–H and O–H groups in total. The minimum absolute atomic E-state index is 0.107. The van der Waals surface area contributed by atoms with Crippen LogP contribution in [0, 0.1) is 5.92 Å². The van der Waals surface area contributed by atoms with E-state index >= 15 is 0 Å². The molecule has 0 aromatic heterocycles. The molecule has 172 valence electrons. The van der Waals surface area contributed by atoms with Crippen molar-refractivity contribution in [3.8, 4) is 11.5 Å². The Balaban J connectivity index is 1.98. The summed E-state index contributed by atoms with van der Waals surface area (Å²) in [4.78, 5) is 37.4. The second-order valence-corrected chi connectivity index (χ2v) is 7.82. The van der Waals surface area contributed by atoms with E-state index in [1.54, 1.807) is 42.5 Å². The lowest BCUT2D eigenvalue weighted by Gasteiger charge is -2.19. The monoisotopic (exact) mass is 462 g/mol. The zero-order chi connectivity index (χ0) is 23.7. The van der Waals surface area contributed by atoms with Crippen LogP contribution in [0.25, 0.3) is 0 Å². The molecule has 2 rings (SSSR count). The normalized spacial score (nSPS) is 11.4. The first kappa shape index (κ1) is 25.0. The zero-order valence-corrected chi connectivity index (χ0v) is 19.2. The summed E-state index contributed by atoms with van der Waals surface area (Å²) in [6, 6.07) is 10.3. The predicted molar refractivity (Wildman–Crippen MR) is 121 cm³/mol. The highest BCUT2D eigenvalue weighted by Crippen LogP contribution is 2.28. The number of halogens is 1. The van der Waals surface area contributed by atoms with Crippen LogP contribution in [-0.4, -0.2) is 44.7 Å². The molecule has 0 saturated heterocycles. The number of carbonyl (C=O) groups excluding carboxylic acids is 3. The van der Waals surface area contributed by atoms with E-state index in [-0.39, 0.29) is 5.92 Å². The molecule has 0 aliphatic carbocycles. The Morgan fingerprint density at radius 1 is 1.00 bits per heavy atom. The molecule has 8 nitrogen and oxygen atoms in total. The van der Waals surface area contributed by atoms with Gasteiger partial charge in [-0.1, -0.05) is 25.4 Å². The molecular weight excluding hydrogens is 436 g/mol. The third-order valence-electron chi connectivity index (χ3n) is 4.43. The maximum atomic E-state index is 12.6. The third kappa shape index (κ3) is 7.46. The topological polar surface area (TPSA) is 103 Å². The molecule has 2 amide bonds. The van der Waals surface area contributed by atoms with E-state index in [0.29, 0.717) is 34.2 Å². The Labute approximate surface area is 192 Å². The number of methoxy groups -OCH3 is 2. The van der Waals surface area contributed by atoms with Gasteiger partial charge < -0.3 is 24.8 Å². The highest BCUT2D eigenvalue weighted by molar-refractivity contribution is 6.30. The number of hydrogen-bond acceptors (Lipinski definition) is 6. The van der Waals surface area contributed by atoms with E-state index < -0.39 is 30.4 Å². The van der Waals surface area contributed by atoms with Crippen molar-refractivity contribution in [2.75, 3.05) is 26.1 Å². The van der Waals surface area contributed by atoms with Gasteiger partial charge in [-0.3, -0.25) is 9.59 Å². The number of amides is 2. The largest absolute Gasteiger partial charge is 0.497 e. The predicted octanol–water partition coefficient (Wildman–Crippen LogP) is 3.68. The smallest absolute Gasteiger partial charge is 0.329 e. The van der Waals surface area contributed by atoms with Gasteiger partial charge in [0, 0.05) is 16.7 Å². The van der Waals surface area contributed by atoms with Crippen molar-refractivity contribution in [2.24, 2.45) is 5.92 Å². The number of anilines is 1. The number of carbonyl (C=O) groups is 3. The van der Waals surface area contributed by atoms with Gasteiger partial charge in [0.2, 0.25) is 0 Å². The van der Waals surface area contributed by atoms with Gasteiger partial charge in [-0.05, 0) is 48.7 Å². The SMILES string of the molecule is COc1ccc(NC(=O)COC(=O)C(CC(C)C)NC(=O)c2ccc(Cl)cc2)c(OC)c1. The van der Waals surface area contributed by atoms with Gasteiger partial charge in [-0.25, -0.2) is 4.79 Å². The van der Waals surface area contributed by atoms with Crippen molar-refractivity contribution in [1.29, 1.82) is 0 Å². The van der Waals surface area contributed by atoms with Crippen molar-refractivity contribution in [3.05, 3.63) is 53.1 Å². The Morgan fingerprint density at radius 2 is 1.69 bits per heavy atom. The van der Waals surface area contributed by atoms with Gasteiger partial charge >= 0.3 is 5.97 Å². The Hall–Kier alpha value is -3.26. The van der Waals surface area contributed by atoms with Gasteiger partial charge in [0.25, 0.3) is 11.8 Å². The number of esters is 1. The summed E-state index contributed by atoms with van der Waals surface area (Å²) >= 11 is 5.85. The summed E-state index contributed by atoms with van der Waals surface area (Å²) in [5.74, 6) is -0.602. The van der Waals surface area contributed by atoms with E-state index in [1.807, 2.05) is 13.8 Å². The average Bonchev–Trinajstić information content (AvgIpc) is 2.77. The van der Waals surface area contributed by atoms with Gasteiger partial charge in [-0.15, -0.1) is 0 Å². The van der Waals surface area contributed by atoms with Crippen LogP contribution >= 0.6 is 11.6 Å². The molecule has 0 radical (unpaired) electrons. The summed E-state index contributed by atoms with van der Waals surface area (Å²) in [6.07, 6.45) is 0.353. The molecule has 0 saturated carbocycles. The van der Waals surface area contributed by atoms with Gasteiger partial charge in [0.1, 0.15) is 17.5 Å². The van der Waals surface area contributed by atoms with Crippen LogP contribution in [0.5, 0.6) is 11.5 Å². The van der Waals surface area contributed by atoms with Gasteiger partial charge in [0.15, 0.2) is 6.61 Å². The maximum Gasteiger partial charge on any atom is 0.329 e. The molecule has 0 bridgehead atoms. The molecule has 1 unspecified atom stereocenters. The standard InChI is InChI=1S/C23H27ClN2O6/c1-14(2)11-19(26-22(28)15-5-7-16(24)8-6-15)23(29)32-13-21(27)25-18-10-9-17(30-3)12-20(18)31-4/h5-10,12,14,19H,11,13H2,1-4H3,(H,25,27)(H,26,28).